The molecule has 162 valence electrons. The van der Waals surface area contributed by atoms with Crippen LogP contribution in [-0.4, -0.2) is 40.5 Å². The first kappa shape index (κ1) is 21.4. The first-order valence-corrected chi connectivity index (χ1v) is 12.1. The first-order chi connectivity index (χ1) is 14.5. The van der Waals surface area contributed by atoms with Crippen LogP contribution in [0.4, 0.5) is 0 Å². The quantitative estimate of drug-likeness (QED) is 0.559. The number of aromatic nitrogens is 2. The fourth-order valence-corrected chi connectivity index (χ4v) is 5.53. The lowest BCUT2D eigenvalue weighted by Gasteiger charge is -2.36. The molecule has 2 aromatic rings. The number of thioether (sulfide) groups is 1. The zero-order chi connectivity index (χ0) is 21.1. The third-order valence-corrected chi connectivity index (χ3v) is 7.61. The zero-order valence-corrected chi connectivity index (χ0v) is 18.6. The van der Waals surface area contributed by atoms with E-state index in [0.717, 1.165) is 32.3 Å². The maximum atomic E-state index is 13.4. The van der Waals surface area contributed by atoms with Crippen LogP contribution in [0.15, 0.2) is 34.2 Å². The Labute approximate surface area is 181 Å². The van der Waals surface area contributed by atoms with Crippen molar-refractivity contribution in [3.8, 4) is 0 Å². The second kappa shape index (κ2) is 9.52. The first-order valence-electron chi connectivity index (χ1n) is 11.1. The lowest BCUT2D eigenvalue weighted by Crippen LogP contribution is -2.36. The Morgan fingerprint density at radius 3 is 2.87 bits per heavy atom. The molecule has 4 rings (SSSR count). The number of rotatable bonds is 6. The van der Waals surface area contributed by atoms with Gasteiger partial charge in [-0.1, -0.05) is 50.6 Å². The number of benzene rings is 1. The Morgan fingerprint density at radius 2 is 2.07 bits per heavy atom. The maximum absolute atomic E-state index is 13.4. The van der Waals surface area contributed by atoms with Crippen molar-refractivity contribution >= 4 is 28.6 Å². The lowest BCUT2D eigenvalue weighted by atomic mass is 9.78. The van der Waals surface area contributed by atoms with Crippen molar-refractivity contribution in [2.45, 2.75) is 63.3 Å². The summed E-state index contributed by atoms with van der Waals surface area (Å²) in [6.45, 7) is 5.83. The van der Waals surface area contributed by atoms with Gasteiger partial charge in [0.25, 0.3) is 5.56 Å². The highest BCUT2D eigenvalue weighted by Crippen LogP contribution is 2.38. The monoisotopic (exact) mass is 429 g/mol. The van der Waals surface area contributed by atoms with Crippen LogP contribution in [0.2, 0.25) is 0 Å². The van der Waals surface area contributed by atoms with Crippen LogP contribution in [0.25, 0.3) is 10.9 Å². The largest absolute Gasteiger partial charge is 0.376 e. The van der Waals surface area contributed by atoms with Crippen LogP contribution in [0.3, 0.4) is 0 Å². The Morgan fingerprint density at radius 1 is 1.23 bits per heavy atom. The van der Waals surface area contributed by atoms with Crippen LogP contribution in [0.5, 0.6) is 0 Å². The third-order valence-electron chi connectivity index (χ3n) is 6.65. The van der Waals surface area contributed by atoms with Gasteiger partial charge in [0.05, 0.1) is 22.8 Å². The van der Waals surface area contributed by atoms with Gasteiger partial charge in [0.15, 0.2) is 5.16 Å². The molecule has 1 amide bonds. The van der Waals surface area contributed by atoms with Crippen LogP contribution in [-0.2, 0) is 9.53 Å². The number of nitrogens with one attached hydrogen (secondary N) is 1. The number of nitrogens with zero attached hydrogens (tertiary/aromatic N) is 2. The SMILES string of the molecule is C[C@@H]1[C@H](C)CCC[C@@H]1n1c(SCC(=O)NC[C@@H]2CCCO2)nc2ccccc2c1=O. The molecule has 4 atom stereocenters. The average Bonchev–Trinajstić information content (AvgIpc) is 3.27. The summed E-state index contributed by atoms with van der Waals surface area (Å²) in [5, 5.41) is 4.26. The Hall–Kier alpha value is -1.86. The molecular formula is C23H31N3O3S. The topological polar surface area (TPSA) is 73.2 Å². The summed E-state index contributed by atoms with van der Waals surface area (Å²) in [5.41, 5.74) is 0.700. The van der Waals surface area contributed by atoms with Crippen molar-refractivity contribution in [1.29, 1.82) is 0 Å². The molecule has 0 bridgehead atoms. The number of carbonyl (C=O) groups excluding carboxylic acids is 1. The molecule has 1 aromatic heterocycles. The molecular weight excluding hydrogens is 398 g/mol. The van der Waals surface area contributed by atoms with Gasteiger partial charge < -0.3 is 10.1 Å². The minimum atomic E-state index is -0.0467. The summed E-state index contributed by atoms with van der Waals surface area (Å²) in [6, 6.07) is 7.62. The normalized spacial score (nSPS) is 26.7. The highest BCUT2D eigenvalue weighted by atomic mass is 32.2. The highest BCUT2D eigenvalue weighted by molar-refractivity contribution is 7.99. The van der Waals surface area contributed by atoms with E-state index in [1.807, 2.05) is 28.8 Å². The molecule has 1 N–H and O–H groups in total. The van der Waals surface area contributed by atoms with E-state index in [1.54, 1.807) is 0 Å². The molecule has 0 radical (unpaired) electrons. The Balaban J connectivity index is 1.57. The van der Waals surface area contributed by atoms with Gasteiger partial charge in [0.1, 0.15) is 0 Å². The number of hydrogen-bond donors (Lipinski definition) is 1. The second-order valence-electron chi connectivity index (χ2n) is 8.65. The van der Waals surface area contributed by atoms with Crippen molar-refractivity contribution < 1.29 is 9.53 Å². The average molecular weight is 430 g/mol. The van der Waals surface area contributed by atoms with E-state index in [1.165, 1.54) is 18.2 Å². The fraction of sp³-hybridized carbons (Fsp3) is 0.609. The minimum absolute atomic E-state index is 0.00816. The van der Waals surface area contributed by atoms with Gasteiger partial charge >= 0.3 is 0 Å². The molecule has 7 heteroatoms. The van der Waals surface area contributed by atoms with Crippen LogP contribution < -0.4 is 10.9 Å². The minimum Gasteiger partial charge on any atom is -0.376 e. The molecule has 1 saturated carbocycles. The van der Waals surface area contributed by atoms with Crippen molar-refractivity contribution in [2.75, 3.05) is 18.9 Å². The summed E-state index contributed by atoms with van der Waals surface area (Å²) in [5.74, 6) is 1.16. The van der Waals surface area contributed by atoms with Gasteiger partial charge in [0, 0.05) is 19.2 Å². The molecule has 2 heterocycles. The number of fused-ring (bicyclic) bond motifs is 1. The fourth-order valence-electron chi connectivity index (χ4n) is 4.65. The number of para-hydroxylation sites is 1. The smallest absolute Gasteiger partial charge is 0.262 e. The molecule has 30 heavy (non-hydrogen) atoms. The number of amides is 1. The van der Waals surface area contributed by atoms with Crippen molar-refractivity contribution in [1.82, 2.24) is 14.9 Å². The van der Waals surface area contributed by atoms with E-state index >= 15 is 0 Å². The van der Waals surface area contributed by atoms with E-state index in [9.17, 15) is 9.59 Å². The molecule has 0 spiro atoms. The lowest BCUT2D eigenvalue weighted by molar-refractivity contribution is -0.119. The molecule has 1 aromatic carbocycles. The molecule has 1 aliphatic carbocycles. The molecule has 6 nitrogen and oxygen atoms in total. The van der Waals surface area contributed by atoms with Gasteiger partial charge in [-0.25, -0.2) is 4.98 Å². The van der Waals surface area contributed by atoms with Gasteiger partial charge in [-0.05, 0) is 43.2 Å². The second-order valence-corrected chi connectivity index (χ2v) is 9.59. The molecule has 0 unspecified atom stereocenters. The van der Waals surface area contributed by atoms with Crippen LogP contribution >= 0.6 is 11.8 Å². The summed E-state index contributed by atoms with van der Waals surface area (Å²) in [6.07, 6.45) is 5.46. The molecule has 1 saturated heterocycles. The van der Waals surface area contributed by atoms with E-state index in [4.69, 9.17) is 9.72 Å². The van der Waals surface area contributed by atoms with E-state index in [-0.39, 0.29) is 29.4 Å². The van der Waals surface area contributed by atoms with Gasteiger partial charge in [-0.15, -0.1) is 0 Å². The number of ether oxygens (including phenoxy) is 1. The summed E-state index contributed by atoms with van der Waals surface area (Å²) >= 11 is 1.36. The van der Waals surface area contributed by atoms with Crippen molar-refractivity contribution in [3.05, 3.63) is 34.6 Å². The van der Waals surface area contributed by atoms with E-state index < -0.39 is 0 Å². The standard InChI is InChI=1S/C23H31N3O3S/c1-15-7-5-11-20(16(15)2)26-22(28)18-9-3-4-10-19(18)25-23(26)30-14-21(27)24-13-17-8-6-12-29-17/h3-4,9-10,15-17,20H,5-8,11-14H2,1-2H3,(H,24,27)/t15-,16-,17+,20+/m1/s1. The van der Waals surface area contributed by atoms with Gasteiger partial charge in [-0.3, -0.25) is 14.2 Å². The van der Waals surface area contributed by atoms with E-state index in [0.29, 0.717) is 34.4 Å². The molecule has 2 fully saturated rings. The maximum Gasteiger partial charge on any atom is 0.262 e. The predicted molar refractivity (Wildman–Crippen MR) is 120 cm³/mol. The molecule has 2 aliphatic rings. The van der Waals surface area contributed by atoms with Crippen LogP contribution in [0, 0.1) is 11.8 Å². The Kier molecular flexibility index (Phi) is 6.78. The Bertz CT molecular complexity index is 954. The summed E-state index contributed by atoms with van der Waals surface area (Å²) in [4.78, 5) is 30.7. The van der Waals surface area contributed by atoms with Crippen LogP contribution in [0.1, 0.15) is 52.0 Å². The molecule has 1 aliphatic heterocycles. The van der Waals surface area contributed by atoms with Gasteiger partial charge in [0.2, 0.25) is 5.91 Å². The summed E-state index contributed by atoms with van der Waals surface area (Å²) < 4.78 is 7.45. The van der Waals surface area contributed by atoms with E-state index in [2.05, 4.69) is 19.2 Å². The number of hydrogen-bond acceptors (Lipinski definition) is 5. The third kappa shape index (κ3) is 4.57. The number of carbonyl (C=O) groups is 1. The predicted octanol–water partition coefficient (Wildman–Crippen LogP) is 3.78. The highest BCUT2D eigenvalue weighted by Gasteiger charge is 2.31. The zero-order valence-electron chi connectivity index (χ0n) is 17.8. The van der Waals surface area contributed by atoms with Crippen molar-refractivity contribution in [3.63, 3.8) is 0 Å². The van der Waals surface area contributed by atoms with Gasteiger partial charge in [-0.2, -0.15) is 0 Å². The summed E-state index contributed by atoms with van der Waals surface area (Å²) in [7, 11) is 0. The van der Waals surface area contributed by atoms with Crippen molar-refractivity contribution in [2.24, 2.45) is 11.8 Å².